The van der Waals surface area contributed by atoms with Gasteiger partial charge in [0.2, 0.25) is 0 Å². The molecule has 17 heavy (non-hydrogen) atoms. The standard InChI is InChI=1S/C14H19NO2/c1-10-4-2-3-5-12(10)14(13(16)17)8-6-11(15)7-9-14/h2-5,11H,6-9,15H2,1H3,(H,16,17). The van der Waals surface area contributed by atoms with Crippen LogP contribution in [-0.4, -0.2) is 17.1 Å². The number of rotatable bonds is 2. The second-order valence-electron chi connectivity index (χ2n) is 5.04. The first-order valence-corrected chi connectivity index (χ1v) is 6.11. The molecule has 0 amide bonds. The molecule has 0 bridgehead atoms. The molecule has 1 saturated carbocycles. The van der Waals surface area contributed by atoms with Crippen LogP contribution in [0.3, 0.4) is 0 Å². The van der Waals surface area contributed by atoms with Crippen molar-refractivity contribution < 1.29 is 9.90 Å². The van der Waals surface area contributed by atoms with Crippen molar-refractivity contribution in [3.63, 3.8) is 0 Å². The molecule has 0 unspecified atom stereocenters. The third-order valence-electron chi connectivity index (χ3n) is 3.95. The lowest BCUT2D eigenvalue weighted by Crippen LogP contribution is -2.43. The average Bonchev–Trinajstić information content (AvgIpc) is 2.31. The Labute approximate surface area is 102 Å². The molecule has 2 rings (SSSR count). The van der Waals surface area contributed by atoms with Crippen LogP contribution in [0, 0.1) is 6.92 Å². The number of carboxylic acid groups (broad SMARTS) is 1. The van der Waals surface area contributed by atoms with Gasteiger partial charge in [0.1, 0.15) is 0 Å². The Morgan fingerprint density at radius 2 is 1.94 bits per heavy atom. The van der Waals surface area contributed by atoms with Crippen molar-refractivity contribution in [2.45, 2.75) is 44.1 Å². The molecule has 0 spiro atoms. The van der Waals surface area contributed by atoms with Crippen LogP contribution >= 0.6 is 0 Å². The van der Waals surface area contributed by atoms with Crippen LogP contribution < -0.4 is 5.73 Å². The topological polar surface area (TPSA) is 63.3 Å². The van der Waals surface area contributed by atoms with Gasteiger partial charge in [-0.15, -0.1) is 0 Å². The van der Waals surface area contributed by atoms with E-state index in [0.717, 1.165) is 24.0 Å². The molecule has 1 aromatic rings. The number of aliphatic carboxylic acids is 1. The summed E-state index contributed by atoms with van der Waals surface area (Å²) in [6.45, 7) is 1.98. The first kappa shape index (κ1) is 12.1. The second kappa shape index (κ2) is 4.49. The van der Waals surface area contributed by atoms with Gasteiger partial charge in [-0.05, 0) is 43.7 Å². The first-order valence-electron chi connectivity index (χ1n) is 6.11. The molecule has 3 heteroatoms. The zero-order valence-electron chi connectivity index (χ0n) is 10.1. The molecule has 0 aromatic heterocycles. The van der Waals surface area contributed by atoms with Gasteiger partial charge >= 0.3 is 5.97 Å². The molecular weight excluding hydrogens is 214 g/mol. The lowest BCUT2D eigenvalue weighted by molar-refractivity contribution is -0.145. The van der Waals surface area contributed by atoms with Gasteiger partial charge in [-0.3, -0.25) is 4.79 Å². The highest BCUT2D eigenvalue weighted by Gasteiger charge is 2.43. The summed E-state index contributed by atoms with van der Waals surface area (Å²) < 4.78 is 0. The van der Waals surface area contributed by atoms with Crippen LogP contribution in [0.25, 0.3) is 0 Å². The van der Waals surface area contributed by atoms with E-state index in [9.17, 15) is 9.90 Å². The van der Waals surface area contributed by atoms with E-state index in [4.69, 9.17) is 5.73 Å². The van der Waals surface area contributed by atoms with E-state index in [1.165, 1.54) is 0 Å². The summed E-state index contributed by atoms with van der Waals surface area (Å²) in [4.78, 5) is 11.7. The molecule has 1 fully saturated rings. The fourth-order valence-corrected chi connectivity index (χ4v) is 2.84. The third-order valence-corrected chi connectivity index (χ3v) is 3.95. The van der Waals surface area contributed by atoms with Gasteiger partial charge in [0.15, 0.2) is 0 Å². The largest absolute Gasteiger partial charge is 0.481 e. The number of carbonyl (C=O) groups is 1. The van der Waals surface area contributed by atoms with Crippen molar-refractivity contribution in [1.29, 1.82) is 0 Å². The van der Waals surface area contributed by atoms with Crippen LogP contribution in [0.5, 0.6) is 0 Å². The molecule has 3 nitrogen and oxygen atoms in total. The molecule has 1 aliphatic rings. The Balaban J connectivity index is 2.42. The van der Waals surface area contributed by atoms with Crippen LogP contribution in [0.1, 0.15) is 36.8 Å². The molecule has 0 saturated heterocycles. The van der Waals surface area contributed by atoms with Gasteiger partial charge in [0, 0.05) is 6.04 Å². The lowest BCUT2D eigenvalue weighted by atomic mass is 9.67. The highest BCUT2D eigenvalue weighted by Crippen LogP contribution is 2.40. The number of hydrogen-bond donors (Lipinski definition) is 2. The van der Waals surface area contributed by atoms with Gasteiger partial charge in [-0.2, -0.15) is 0 Å². The fourth-order valence-electron chi connectivity index (χ4n) is 2.84. The normalized spacial score (nSPS) is 28.9. The Morgan fingerprint density at radius 3 is 2.47 bits per heavy atom. The van der Waals surface area contributed by atoms with E-state index in [0.29, 0.717) is 12.8 Å². The quantitative estimate of drug-likeness (QED) is 0.823. The maximum Gasteiger partial charge on any atom is 0.314 e. The van der Waals surface area contributed by atoms with Crippen molar-refractivity contribution in [2.24, 2.45) is 5.73 Å². The monoisotopic (exact) mass is 233 g/mol. The summed E-state index contributed by atoms with van der Waals surface area (Å²) >= 11 is 0. The average molecular weight is 233 g/mol. The van der Waals surface area contributed by atoms with Crippen LogP contribution in [-0.2, 0) is 10.2 Å². The number of aryl methyl sites for hydroxylation is 1. The number of nitrogens with two attached hydrogens (primary N) is 1. The van der Waals surface area contributed by atoms with Crippen molar-refractivity contribution in [3.8, 4) is 0 Å². The molecule has 3 N–H and O–H groups in total. The van der Waals surface area contributed by atoms with Gasteiger partial charge in [-0.25, -0.2) is 0 Å². The Bertz CT molecular complexity index is 420. The van der Waals surface area contributed by atoms with Gasteiger partial charge in [-0.1, -0.05) is 24.3 Å². The zero-order chi connectivity index (χ0) is 12.5. The van der Waals surface area contributed by atoms with E-state index in [1.807, 2.05) is 31.2 Å². The summed E-state index contributed by atoms with van der Waals surface area (Å²) in [6.07, 6.45) is 2.88. The van der Waals surface area contributed by atoms with E-state index in [-0.39, 0.29) is 6.04 Å². The summed E-state index contributed by atoms with van der Waals surface area (Å²) in [6, 6.07) is 7.95. The van der Waals surface area contributed by atoms with Crippen molar-refractivity contribution >= 4 is 5.97 Å². The van der Waals surface area contributed by atoms with E-state index < -0.39 is 11.4 Å². The first-order chi connectivity index (χ1) is 8.06. The molecule has 1 aromatic carbocycles. The third kappa shape index (κ3) is 2.07. The van der Waals surface area contributed by atoms with E-state index in [1.54, 1.807) is 0 Å². The van der Waals surface area contributed by atoms with Crippen LogP contribution in [0.4, 0.5) is 0 Å². The van der Waals surface area contributed by atoms with Gasteiger partial charge in [0.25, 0.3) is 0 Å². The predicted octanol–water partition coefficient (Wildman–Crippen LogP) is 2.22. The zero-order valence-corrected chi connectivity index (χ0v) is 10.1. The van der Waals surface area contributed by atoms with Gasteiger partial charge in [0.05, 0.1) is 5.41 Å². The SMILES string of the molecule is Cc1ccccc1C1(C(=O)O)CCC(N)CC1. The molecule has 1 aliphatic carbocycles. The Hall–Kier alpha value is -1.35. The van der Waals surface area contributed by atoms with Crippen molar-refractivity contribution in [1.82, 2.24) is 0 Å². The van der Waals surface area contributed by atoms with E-state index in [2.05, 4.69) is 0 Å². The molecule has 92 valence electrons. The predicted molar refractivity (Wildman–Crippen MR) is 66.9 cm³/mol. The Kier molecular flexibility index (Phi) is 3.20. The summed E-state index contributed by atoms with van der Waals surface area (Å²) in [5.74, 6) is -0.710. The van der Waals surface area contributed by atoms with Crippen molar-refractivity contribution in [2.75, 3.05) is 0 Å². The minimum atomic E-state index is -0.721. The molecule has 0 radical (unpaired) electrons. The van der Waals surface area contributed by atoms with Crippen molar-refractivity contribution in [3.05, 3.63) is 35.4 Å². The highest BCUT2D eigenvalue weighted by atomic mass is 16.4. The minimum absolute atomic E-state index is 0.159. The fraction of sp³-hybridized carbons (Fsp3) is 0.500. The van der Waals surface area contributed by atoms with Crippen LogP contribution in [0.15, 0.2) is 24.3 Å². The Morgan fingerprint density at radius 1 is 1.35 bits per heavy atom. The van der Waals surface area contributed by atoms with Gasteiger partial charge < -0.3 is 10.8 Å². The maximum atomic E-state index is 11.7. The summed E-state index contributed by atoms with van der Waals surface area (Å²) in [5.41, 5.74) is 7.18. The number of hydrogen-bond acceptors (Lipinski definition) is 2. The second-order valence-corrected chi connectivity index (χ2v) is 5.04. The summed E-state index contributed by atoms with van der Waals surface area (Å²) in [7, 11) is 0. The molecular formula is C14H19NO2. The van der Waals surface area contributed by atoms with E-state index >= 15 is 0 Å². The number of benzene rings is 1. The molecule has 0 aliphatic heterocycles. The molecule has 0 heterocycles. The maximum absolute atomic E-state index is 11.7. The molecule has 0 atom stereocenters. The van der Waals surface area contributed by atoms with Crippen LogP contribution in [0.2, 0.25) is 0 Å². The number of carboxylic acids is 1. The smallest absolute Gasteiger partial charge is 0.314 e. The minimum Gasteiger partial charge on any atom is -0.481 e. The summed E-state index contributed by atoms with van der Waals surface area (Å²) in [5, 5.41) is 9.61. The highest BCUT2D eigenvalue weighted by molar-refractivity contribution is 5.82. The lowest BCUT2D eigenvalue weighted by Gasteiger charge is -2.37.